The van der Waals surface area contributed by atoms with Gasteiger partial charge in [-0.1, -0.05) is 27.5 Å². The van der Waals surface area contributed by atoms with Crippen molar-refractivity contribution >= 4 is 33.2 Å². The van der Waals surface area contributed by atoms with E-state index in [0.29, 0.717) is 16.6 Å². The minimum Gasteiger partial charge on any atom is -0.191 e. The molecule has 4 nitrogen and oxygen atoms in total. The van der Waals surface area contributed by atoms with Gasteiger partial charge in [-0.3, -0.25) is 0 Å². The van der Waals surface area contributed by atoms with Gasteiger partial charge in [-0.2, -0.15) is 9.61 Å². The molecule has 0 aliphatic rings. The molecular weight excluding hydrogens is 316 g/mol. The number of hydrogen-bond acceptors (Lipinski definition) is 3. The van der Waals surface area contributed by atoms with Crippen molar-refractivity contribution in [1.82, 2.24) is 19.8 Å². The van der Waals surface area contributed by atoms with Gasteiger partial charge in [-0.25, -0.2) is 0 Å². The van der Waals surface area contributed by atoms with Crippen molar-refractivity contribution in [1.29, 1.82) is 0 Å². The summed E-state index contributed by atoms with van der Waals surface area (Å²) in [5.41, 5.74) is 2.76. The molecule has 2 aromatic heterocycles. The molecule has 3 aromatic rings. The fraction of sp³-hybridized carbons (Fsp3) is 0.0833. The van der Waals surface area contributed by atoms with E-state index in [1.54, 1.807) is 16.6 Å². The highest BCUT2D eigenvalue weighted by Crippen LogP contribution is 2.24. The molecule has 0 N–H and O–H groups in total. The van der Waals surface area contributed by atoms with Gasteiger partial charge < -0.3 is 0 Å². The van der Waals surface area contributed by atoms with Crippen LogP contribution in [0.1, 0.15) is 5.56 Å². The molecule has 0 bridgehead atoms. The summed E-state index contributed by atoms with van der Waals surface area (Å²) < 4.78 is 2.71. The number of fused-ring (bicyclic) bond motifs is 1. The Morgan fingerprint density at radius 3 is 2.78 bits per heavy atom. The maximum absolute atomic E-state index is 5.90. The van der Waals surface area contributed by atoms with Crippen LogP contribution in [0.15, 0.2) is 34.8 Å². The monoisotopic (exact) mass is 322 g/mol. The van der Waals surface area contributed by atoms with Gasteiger partial charge in [0.25, 0.3) is 0 Å². The largest absolute Gasteiger partial charge is 0.191 e. The third-order valence-electron chi connectivity index (χ3n) is 2.65. The van der Waals surface area contributed by atoms with Crippen LogP contribution in [-0.2, 0) is 0 Å². The van der Waals surface area contributed by atoms with E-state index >= 15 is 0 Å². The van der Waals surface area contributed by atoms with E-state index in [0.717, 1.165) is 15.6 Å². The number of nitrogens with zero attached hydrogens (tertiary/aromatic N) is 4. The van der Waals surface area contributed by atoms with Crippen LogP contribution in [0.2, 0.25) is 5.15 Å². The Balaban J connectivity index is 2.24. The van der Waals surface area contributed by atoms with Crippen molar-refractivity contribution in [2.45, 2.75) is 6.92 Å². The van der Waals surface area contributed by atoms with Crippen molar-refractivity contribution in [2.24, 2.45) is 0 Å². The number of aromatic nitrogens is 4. The number of rotatable bonds is 1. The molecule has 0 radical (unpaired) electrons. The molecule has 1 aromatic carbocycles. The van der Waals surface area contributed by atoms with Gasteiger partial charge in [0.05, 0.1) is 0 Å². The second kappa shape index (κ2) is 4.33. The maximum Gasteiger partial charge on any atom is 0.185 e. The van der Waals surface area contributed by atoms with Crippen molar-refractivity contribution in [3.63, 3.8) is 0 Å². The minimum atomic E-state index is 0.414. The van der Waals surface area contributed by atoms with Gasteiger partial charge >= 0.3 is 0 Å². The van der Waals surface area contributed by atoms with Gasteiger partial charge in [0.2, 0.25) is 0 Å². The first-order chi connectivity index (χ1) is 8.65. The summed E-state index contributed by atoms with van der Waals surface area (Å²) in [5.74, 6) is 0.683. The van der Waals surface area contributed by atoms with Crippen LogP contribution in [0.25, 0.3) is 17.0 Å². The molecule has 3 rings (SSSR count). The smallest absolute Gasteiger partial charge is 0.185 e. The average Bonchev–Trinajstić information content (AvgIpc) is 2.75. The number of aryl methyl sites for hydroxylation is 1. The fourth-order valence-corrected chi connectivity index (χ4v) is 2.12. The molecule has 18 heavy (non-hydrogen) atoms. The van der Waals surface area contributed by atoms with Gasteiger partial charge in [-0.15, -0.1) is 10.2 Å². The van der Waals surface area contributed by atoms with Crippen LogP contribution < -0.4 is 0 Å². The standard InChI is InChI=1S/C12H8BrClN4/c1-7-6-8(2-3-9(7)13)12-16-15-11-5-4-10(14)17-18(11)12/h2-6H,1H3. The second-order valence-corrected chi connectivity index (χ2v) is 5.16. The third-order valence-corrected chi connectivity index (χ3v) is 3.74. The van der Waals surface area contributed by atoms with E-state index < -0.39 is 0 Å². The molecule has 0 aliphatic heterocycles. The lowest BCUT2D eigenvalue weighted by atomic mass is 10.1. The SMILES string of the molecule is Cc1cc(-c2nnc3ccc(Cl)nn23)ccc1Br. The summed E-state index contributed by atoms with van der Waals surface area (Å²) >= 11 is 9.37. The molecule has 0 aliphatic carbocycles. The van der Waals surface area contributed by atoms with Crippen LogP contribution in [0, 0.1) is 6.92 Å². The van der Waals surface area contributed by atoms with Crippen molar-refractivity contribution in [3.8, 4) is 11.4 Å². The Bertz CT molecular complexity index is 738. The van der Waals surface area contributed by atoms with Crippen molar-refractivity contribution in [2.75, 3.05) is 0 Å². The van der Waals surface area contributed by atoms with Crippen LogP contribution in [0.3, 0.4) is 0 Å². The fourth-order valence-electron chi connectivity index (χ4n) is 1.73. The van der Waals surface area contributed by atoms with Gasteiger partial charge in [0.1, 0.15) is 5.15 Å². The molecule has 0 spiro atoms. The number of benzene rings is 1. The second-order valence-electron chi connectivity index (χ2n) is 3.91. The Hall–Kier alpha value is -1.46. The number of hydrogen-bond donors (Lipinski definition) is 0. The Kier molecular flexibility index (Phi) is 2.80. The van der Waals surface area contributed by atoms with E-state index in [1.807, 2.05) is 25.1 Å². The summed E-state index contributed by atoms with van der Waals surface area (Å²) in [6.07, 6.45) is 0. The van der Waals surface area contributed by atoms with E-state index in [1.165, 1.54) is 0 Å². The molecule has 0 amide bonds. The maximum atomic E-state index is 5.90. The summed E-state index contributed by atoms with van der Waals surface area (Å²) in [7, 11) is 0. The Morgan fingerprint density at radius 2 is 2.00 bits per heavy atom. The normalized spacial score (nSPS) is 11.1. The van der Waals surface area contributed by atoms with Gasteiger partial charge in [0, 0.05) is 10.0 Å². The van der Waals surface area contributed by atoms with E-state index in [9.17, 15) is 0 Å². The lowest BCUT2D eigenvalue weighted by Gasteiger charge is -2.02. The quantitative estimate of drug-likeness (QED) is 0.688. The average molecular weight is 324 g/mol. The summed E-state index contributed by atoms with van der Waals surface area (Å²) in [6, 6.07) is 9.47. The molecule has 6 heteroatoms. The zero-order chi connectivity index (χ0) is 12.7. The molecule has 0 atom stereocenters. The zero-order valence-corrected chi connectivity index (χ0v) is 11.8. The molecular formula is C12H8BrClN4. The van der Waals surface area contributed by atoms with E-state index in [-0.39, 0.29) is 0 Å². The number of halogens is 2. The first-order valence-corrected chi connectivity index (χ1v) is 6.47. The van der Waals surface area contributed by atoms with Crippen LogP contribution in [-0.4, -0.2) is 19.8 Å². The van der Waals surface area contributed by atoms with Crippen molar-refractivity contribution in [3.05, 3.63) is 45.5 Å². The summed E-state index contributed by atoms with van der Waals surface area (Å²) in [4.78, 5) is 0. The van der Waals surface area contributed by atoms with Gasteiger partial charge in [-0.05, 0) is 42.8 Å². The summed E-state index contributed by atoms with van der Waals surface area (Å²) in [5, 5.41) is 12.8. The minimum absolute atomic E-state index is 0.414. The lowest BCUT2D eigenvalue weighted by Crippen LogP contribution is -1.95. The first kappa shape index (κ1) is 11.6. The van der Waals surface area contributed by atoms with Crippen molar-refractivity contribution < 1.29 is 0 Å². The predicted octanol–water partition coefficient (Wildman–Crippen LogP) is 3.52. The van der Waals surface area contributed by atoms with E-state index in [4.69, 9.17) is 11.6 Å². The topological polar surface area (TPSA) is 43.1 Å². The zero-order valence-electron chi connectivity index (χ0n) is 9.43. The Morgan fingerprint density at radius 1 is 1.17 bits per heavy atom. The van der Waals surface area contributed by atoms with E-state index in [2.05, 4.69) is 31.2 Å². The van der Waals surface area contributed by atoms with Gasteiger partial charge in [0.15, 0.2) is 11.5 Å². The highest BCUT2D eigenvalue weighted by Gasteiger charge is 2.10. The molecule has 0 fully saturated rings. The van der Waals surface area contributed by atoms with Crippen LogP contribution >= 0.6 is 27.5 Å². The highest BCUT2D eigenvalue weighted by atomic mass is 79.9. The molecule has 0 saturated heterocycles. The molecule has 0 unspecified atom stereocenters. The third kappa shape index (κ3) is 1.89. The molecule has 0 saturated carbocycles. The van der Waals surface area contributed by atoms with Crippen LogP contribution in [0.5, 0.6) is 0 Å². The lowest BCUT2D eigenvalue weighted by molar-refractivity contribution is 0.936. The highest BCUT2D eigenvalue weighted by molar-refractivity contribution is 9.10. The first-order valence-electron chi connectivity index (χ1n) is 5.29. The Labute approximate surface area is 117 Å². The molecule has 90 valence electrons. The molecule has 2 heterocycles. The summed E-state index contributed by atoms with van der Waals surface area (Å²) in [6.45, 7) is 2.03. The predicted molar refractivity (Wildman–Crippen MR) is 73.7 cm³/mol. The van der Waals surface area contributed by atoms with Crippen LogP contribution in [0.4, 0.5) is 0 Å².